The Bertz CT molecular complexity index is 1560. The van der Waals surface area contributed by atoms with Gasteiger partial charge in [-0.25, -0.2) is 4.98 Å². The molecule has 0 aliphatic rings. The molecule has 0 aliphatic heterocycles. The Morgan fingerprint density at radius 2 is 1.38 bits per heavy atom. The average Bonchev–Trinajstić information content (AvgIpc) is 2.92. The van der Waals surface area contributed by atoms with Gasteiger partial charge in [0.15, 0.2) is 0 Å². The number of hydrogen-bond acceptors (Lipinski definition) is 4. The molecule has 1 aromatic heterocycles. The number of aryl methyl sites for hydroxylation is 2. The normalized spacial score (nSPS) is 10.9. The third-order valence-electron chi connectivity index (χ3n) is 6.65. The molecule has 0 saturated carbocycles. The molecule has 5 aromatic rings. The molecule has 4 heteroatoms. The molecule has 5 rings (SSSR count). The van der Waals surface area contributed by atoms with E-state index in [0.29, 0.717) is 0 Å². The summed E-state index contributed by atoms with van der Waals surface area (Å²) in [5.74, 6) is 2.59. The number of fused-ring (bicyclic) bond motifs is 1. The number of aromatic nitrogens is 1. The molecule has 4 aromatic carbocycles. The van der Waals surface area contributed by atoms with Crippen LogP contribution in [0.25, 0.3) is 33.2 Å². The number of rotatable bonds is 8. The third kappa shape index (κ3) is 5.29. The van der Waals surface area contributed by atoms with Crippen LogP contribution in [0.1, 0.15) is 16.7 Å². The van der Waals surface area contributed by atoms with Crippen molar-refractivity contribution in [3.63, 3.8) is 0 Å². The molecule has 1 N–H and O–H groups in total. The zero-order valence-electron chi connectivity index (χ0n) is 21.8. The van der Waals surface area contributed by atoms with Gasteiger partial charge in [0.25, 0.3) is 0 Å². The van der Waals surface area contributed by atoms with Gasteiger partial charge in [-0.2, -0.15) is 0 Å². The van der Waals surface area contributed by atoms with Gasteiger partial charge in [0.05, 0.1) is 19.9 Å². The predicted octanol–water partition coefficient (Wildman–Crippen LogP) is 7.86. The molecule has 4 nitrogen and oxygen atoms in total. The maximum atomic E-state index is 5.57. The fraction of sp³-hybridized carbons (Fsp3) is 0.182. The molecule has 0 spiro atoms. The van der Waals surface area contributed by atoms with Crippen LogP contribution in [0.2, 0.25) is 0 Å². The second-order valence-corrected chi connectivity index (χ2v) is 9.36. The summed E-state index contributed by atoms with van der Waals surface area (Å²) in [6.07, 6.45) is 0.865. The number of anilines is 1. The summed E-state index contributed by atoms with van der Waals surface area (Å²) in [6, 6.07) is 31.6. The first-order chi connectivity index (χ1) is 18.1. The second-order valence-electron chi connectivity index (χ2n) is 9.36. The number of benzene rings is 4. The number of pyridine rings is 1. The number of nitrogens with zero attached hydrogens (tertiary/aromatic N) is 1. The number of hydrogen-bond donors (Lipinski definition) is 1. The van der Waals surface area contributed by atoms with Gasteiger partial charge in [-0.3, -0.25) is 0 Å². The Balaban J connectivity index is 1.65. The molecular weight excluding hydrogens is 456 g/mol. The summed E-state index contributed by atoms with van der Waals surface area (Å²) in [5.41, 5.74) is 7.88. The van der Waals surface area contributed by atoms with Crippen LogP contribution in [0.4, 0.5) is 5.82 Å². The molecule has 0 radical (unpaired) electrons. The van der Waals surface area contributed by atoms with Crippen LogP contribution >= 0.6 is 0 Å². The summed E-state index contributed by atoms with van der Waals surface area (Å²) in [5, 5.41) is 5.91. The van der Waals surface area contributed by atoms with E-state index < -0.39 is 0 Å². The van der Waals surface area contributed by atoms with Gasteiger partial charge in [0, 0.05) is 23.1 Å². The van der Waals surface area contributed by atoms with E-state index >= 15 is 0 Å². The summed E-state index contributed by atoms with van der Waals surface area (Å²) >= 11 is 0. The molecule has 0 unspecified atom stereocenters. The summed E-state index contributed by atoms with van der Waals surface area (Å²) in [6.45, 7) is 5.01. The van der Waals surface area contributed by atoms with Gasteiger partial charge >= 0.3 is 0 Å². The smallest absolute Gasteiger partial charge is 0.134 e. The Morgan fingerprint density at radius 3 is 2.16 bits per heavy atom. The lowest BCUT2D eigenvalue weighted by Crippen LogP contribution is -2.08. The fourth-order valence-corrected chi connectivity index (χ4v) is 4.79. The molecular formula is C33H32N2O2. The molecule has 37 heavy (non-hydrogen) atoms. The highest BCUT2D eigenvalue weighted by Crippen LogP contribution is 2.41. The van der Waals surface area contributed by atoms with Gasteiger partial charge in [-0.1, -0.05) is 71.8 Å². The highest BCUT2D eigenvalue weighted by atomic mass is 16.5. The lowest BCUT2D eigenvalue weighted by Gasteiger charge is -2.19. The minimum Gasteiger partial charge on any atom is -0.497 e. The summed E-state index contributed by atoms with van der Waals surface area (Å²) in [7, 11) is 3.41. The first-order valence-corrected chi connectivity index (χ1v) is 12.6. The van der Waals surface area contributed by atoms with E-state index in [1.54, 1.807) is 14.2 Å². The van der Waals surface area contributed by atoms with Gasteiger partial charge in [0.2, 0.25) is 0 Å². The van der Waals surface area contributed by atoms with Crippen LogP contribution in [0.3, 0.4) is 0 Å². The first-order valence-electron chi connectivity index (χ1n) is 12.6. The largest absolute Gasteiger partial charge is 0.497 e. The fourth-order valence-electron chi connectivity index (χ4n) is 4.79. The second kappa shape index (κ2) is 10.8. The van der Waals surface area contributed by atoms with Crippen molar-refractivity contribution >= 4 is 16.6 Å². The van der Waals surface area contributed by atoms with E-state index in [0.717, 1.165) is 58.1 Å². The van der Waals surface area contributed by atoms with E-state index in [-0.39, 0.29) is 0 Å². The van der Waals surface area contributed by atoms with Crippen molar-refractivity contribution < 1.29 is 9.47 Å². The van der Waals surface area contributed by atoms with E-state index in [2.05, 4.69) is 85.9 Å². The Kier molecular flexibility index (Phi) is 7.09. The first kappa shape index (κ1) is 24.4. The van der Waals surface area contributed by atoms with Crippen molar-refractivity contribution in [3.05, 3.63) is 108 Å². The maximum absolute atomic E-state index is 5.57. The third-order valence-corrected chi connectivity index (χ3v) is 6.65. The van der Waals surface area contributed by atoms with E-state index in [1.165, 1.54) is 22.1 Å². The van der Waals surface area contributed by atoms with Crippen molar-refractivity contribution in [2.75, 3.05) is 26.1 Å². The Morgan fingerprint density at radius 1 is 0.676 bits per heavy atom. The van der Waals surface area contributed by atoms with Gasteiger partial charge in [-0.15, -0.1) is 0 Å². The van der Waals surface area contributed by atoms with Crippen molar-refractivity contribution in [2.24, 2.45) is 0 Å². The van der Waals surface area contributed by atoms with Crippen LogP contribution in [0.15, 0.2) is 91.0 Å². The standard InChI is InChI=1S/C33H32N2O2/c1-22-8-5-11-26(18-22)32-31(25-10-7-13-28(21-25)37-4)30-19-23(2)14-15-29(30)33(35-32)34-17-16-24-9-6-12-27(20-24)36-3/h5-15,18-21H,16-17H2,1-4H3,(H,34,35). The molecule has 186 valence electrons. The summed E-state index contributed by atoms with van der Waals surface area (Å²) < 4.78 is 11.0. The molecule has 0 amide bonds. The minimum absolute atomic E-state index is 0.759. The topological polar surface area (TPSA) is 43.4 Å². The van der Waals surface area contributed by atoms with Crippen molar-refractivity contribution in [1.29, 1.82) is 0 Å². The molecule has 0 bridgehead atoms. The van der Waals surface area contributed by atoms with Crippen molar-refractivity contribution in [2.45, 2.75) is 20.3 Å². The number of ether oxygens (including phenoxy) is 2. The average molecular weight is 489 g/mol. The van der Waals surface area contributed by atoms with Crippen molar-refractivity contribution in [3.8, 4) is 33.9 Å². The highest BCUT2D eigenvalue weighted by molar-refractivity contribution is 6.07. The lowest BCUT2D eigenvalue weighted by molar-refractivity contribution is 0.414. The summed E-state index contributed by atoms with van der Waals surface area (Å²) in [4.78, 5) is 5.26. The zero-order valence-corrected chi connectivity index (χ0v) is 21.8. The monoisotopic (exact) mass is 488 g/mol. The van der Waals surface area contributed by atoms with Crippen LogP contribution in [0, 0.1) is 13.8 Å². The molecule has 1 heterocycles. The minimum atomic E-state index is 0.759. The molecule has 0 aliphatic carbocycles. The Labute approximate surface area is 218 Å². The SMILES string of the molecule is COc1cccc(CCNc2nc(-c3cccc(C)c3)c(-c3cccc(OC)c3)c3cc(C)ccc23)c1. The highest BCUT2D eigenvalue weighted by Gasteiger charge is 2.18. The molecule has 0 saturated heterocycles. The maximum Gasteiger partial charge on any atom is 0.134 e. The van der Waals surface area contributed by atoms with Crippen LogP contribution in [-0.4, -0.2) is 25.7 Å². The number of methoxy groups -OCH3 is 2. The lowest BCUT2D eigenvalue weighted by atomic mass is 9.92. The molecule has 0 fully saturated rings. The van der Waals surface area contributed by atoms with Crippen LogP contribution in [-0.2, 0) is 6.42 Å². The number of nitrogens with one attached hydrogen (secondary N) is 1. The van der Waals surface area contributed by atoms with Gasteiger partial charge in [-0.05, 0) is 67.1 Å². The van der Waals surface area contributed by atoms with Gasteiger partial charge < -0.3 is 14.8 Å². The van der Waals surface area contributed by atoms with E-state index in [1.807, 2.05) is 24.3 Å². The van der Waals surface area contributed by atoms with Crippen molar-refractivity contribution in [1.82, 2.24) is 4.98 Å². The van der Waals surface area contributed by atoms with Crippen LogP contribution < -0.4 is 14.8 Å². The van der Waals surface area contributed by atoms with E-state index in [9.17, 15) is 0 Å². The Hall–Kier alpha value is -4.31. The molecule has 0 atom stereocenters. The van der Waals surface area contributed by atoms with Crippen LogP contribution in [0.5, 0.6) is 11.5 Å². The zero-order chi connectivity index (χ0) is 25.8. The van der Waals surface area contributed by atoms with E-state index in [4.69, 9.17) is 14.5 Å². The van der Waals surface area contributed by atoms with Gasteiger partial charge in [0.1, 0.15) is 17.3 Å². The predicted molar refractivity (Wildman–Crippen MR) is 154 cm³/mol. The quantitative estimate of drug-likeness (QED) is 0.241.